The second-order valence-corrected chi connectivity index (χ2v) is 5.77. The third-order valence-electron chi connectivity index (χ3n) is 3.60. The van der Waals surface area contributed by atoms with Crippen LogP contribution in [0.3, 0.4) is 0 Å². The van der Waals surface area contributed by atoms with E-state index in [-0.39, 0.29) is 12.6 Å². The predicted octanol–water partition coefficient (Wildman–Crippen LogP) is 2.85. The van der Waals surface area contributed by atoms with Crippen molar-refractivity contribution in [1.82, 2.24) is 0 Å². The molecule has 0 radical (unpaired) electrons. The first kappa shape index (κ1) is 13.8. The molecule has 1 fully saturated rings. The van der Waals surface area contributed by atoms with Crippen molar-refractivity contribution in [1.29, 1.82) is 0 Å². The Balaban J connectivity index is 2.26. The zero-order valence-electron chi connectivity index (χ0n) is 10.6. The van der Waals surface area contributed by atoms with Crippen LogP contribution in [0, 0.1) is 0 Å². The average Bonchev–Trinajstić information content (AvgIpc) is 2.38. The van der Waals surface area contributed by atoms with E-state index in [0.717, 1.165) is 28.7 Å². The van der Waals surface area contributed by atoms with Gasteiger partial charge in [0.15, 0.2) is 0 Å². The maximum absolute atomic E-state index is 9.57. The van der Waals surface area contributed by atoms with Crippen molar-refractivity contribution in [2.45, 2.75) is 38.3 Å². The van der Waals surface area contributed by atoms with Crippen molar-refractivity contribution in [3.05, 3.63) is 28.2 Å². The van der Waals surface area contributed by atoms with Crippen molar-refractivity contribution in [3.63, 3.8) is 0 Å². The molecule has 1 aliphatic heterocycles. The highest BCUT2D eigenvalue weighted by Crippen LogP contribution is 2.33. The van der Waals surface area contributed by atoms with E-state index in [0.29, 0.717) is 0 Å². The van der Waals surface area contributed by atoms with Gasteiger partial charge in [0, 0.05) is 11.0 Å². The minimum absolute atomic E-state index is 0.199. The van der Waals surface area contributed by atoms with Crippen LogP contribution in [-0.2, 0) is 0 Å². The molecule has 1 heterocycles. The van der Waals surface area contributed by atoms with Gasteiger partial charge in [-0.1, -0.05) is 6.07 Å². The van der Waals surface area contributed by atoms with E-state index >= 15 is 0 Å². The topological polar surface area (TPSA) is 43.7 Å². The Hall–Kier alpha value is -0.580. The fraction of sp³-hybridized carbons (Fsp3) is 0.571. The van der Waals surface area contributed by atoms with Gasteiger partial charge < -0.3 is 15.1 Å². The first-order chi connectivity index (χ1) is 8.63. The van der Waals surface area contributed by atoms with Gasteiger partial charge in [0.25, 0.3) is 0 Å². The molecule has 2 rings (SSSR count). The number of piperidine rings is 1. The fourth-order valence-electron chi connectivity index (χ4n) is 2.52. The molecule has 1 aromatic rings. The van der Waals surface area contributed by atoms with E-state index in [2.05, 4.69) is 20.8 Å². The highest BCUT2D eigenvalue weighted by Gasteiger charge is 2.23. The van der Waals surface area contributed by atoms with Gasteiger partial charge in [-0.2, -0.15) is 0 Å². The van der Waals surface area contributed by atoms with E-state index in [9.17, 15) is 10.2 Å². The lowest BCUT2D eigenvalue weighted by molar-refractivity contribution is 0.199. The lowest BCUT2D eigenvalue weighted by atomic mass is 10.0. The molecule has 0 saturated carbocycles. The number of hydrogen-bond acceptors (Lipinski definition) is 3. The quantitative estimate of drug-likeness (QED) is 0.902. The van der Waals surface area contributed by atoms with Gasteiger partial charge >= 0.3 is 0 Å². The minimum atomic E-state index is -0.453. The molecule has 3 nitrogen and oxygen atoms in total. The van der Waals surface area contributed by atoms with Crippen LogP contribution in [0.5, 0.6) is 0 Å². The second kappa shape index (κ2) is 6.04. The van der Waals surface area contributed by atoms with E-state index in [1.165, 1.54) is 12.8 Å². The van der Waals surface area contributed by atoms with E-state index in [1.807, 2.05) is 18.2 Å². The number of halogens is 1. The Bertz CT molecular complexity index is 409. The average molecular weight is 314 g/mol. The third kappa shape index (κ3) is 2.87. The maximum atomic E-state index is 9.57. The summed E-state index contributed by atoms with van der Waals surface area (Å²) in [5.41, 5.74) is 2.02. The standard InChI is InChI=1S/C14H20BrNO2/c1-10(18)11-5-6-14(13(15)8-11)16-7-3-2-4-12(16)9-17/h5-6,8,10,12,17-18H,2-4,7,9H2,1H3/t10-,12?/m0/s1. The van der Waals surface area contributed by atoms with Crippen LogP contribution in [-0.4, -0.2) is 29.4 Å². The minimum Gasteiger partial charge on any atom is -0.394 e. The molecule has 0 bridgehead atoms. The number of rotatable bonds is 3. The van der Waals surface area contributed by atoms with Crippen molar-refractivity contribution in [2.24, 2.45) is 0 Å². The molecule has 1 unspecified atom stereocenters. The Morgan fingerprint density at radius 2 is 2.22 bits per heavy atom. The number of nitrogens with zero attached hydrogens (tertiary/aromatic N) is 1. The van der Waals surface area contributed by atoms with Crippen LogP contribution < -0.4 is 4.90 Å². The smallest absolute Gasteiger partial charge is 0.0762 e. The third-order valence-corrected chi connectivity index (χ3v) is 4.24. The summed E-state index contributed by atoms with van der Waals surface area (Å²) in [5.74, 6) is 0. The predicted molar refractivity (Wildman–Crippen MR) is 76.8 cm³/mol. The molecule has 18 heavy (non-hydrogen) atoms. The van der Waals surface area contributed by atoms with Crippen LogP contribution in [0.1, 0.15) is 37.9 Å². The molecule has 0 spiro atoms. The van der Waals surface area contributed by atoms with E-state index in [4.69, 9.17) is 0 Å². The SMILES string of the molecule is C[C@H](O)c1ccc(N2CCCCC2CO)c(Br)c1. The molecule has 100 valence electrons. The highest BCUT2D eigenvalue weighted by molar-refractivity contribution is 9.10. The summed E-state index contributed by atoms with van der Waals surface area (Å²) in [4.78, 5) is 2.26. The summed E-state index contributed by atoms with van der Waals surface area (Å²) in [6.07, 6.45) is 2.94. The number of anilines is 1. The summed E-state index contributed by atoms with van der Waals surface area (Å²) < 4.78 is 0.987. The van der Waals surface area contributed by atoms with Crippen LogP contribution in [0.2, 0.25) is 0 Å². The zero-order chi connectivity index (χ0) is 13.1. The summed E-state index contributed by atoms with van der Waals surface area (Å²) >= 11 is 3.57. The van der Waals surface area contributed by atoms with Gasteiger partial charge in [-0.3, -0.25) is 0 Å². The van der Waals surface area contributed by atoms with Gasteiger partial charge in [0.2, 0.25) is 0 Å². The van der Waals surface area contributed by atoms with Crippen LogP contribution in [0.15, 0.2) is 22.7 Å². The Morgan fingerprint density at radius 1 is 1.44 bits per heavy atom. The van der Waals surface area contributed by atoms with Gasteiger partial charge in [-0.15, -0.1) is 0 Å². The first-order valence-electron chi connectivity index (χ1n) is 6.48. The van der Waals surface area contributed by atoms with Crippen molar-refractivity contribution in [3.8, 4) is 0 Å². The van der Waals surface area contributed by atoms with Crippen LogP contribution >= 0.6 is 15.9 Å². The Morgan fingerprint density at radius 3 is 2.83 bits per heavy atom. The van der Waals surface area contributed by atoms with Crippen molar-refractivity contribution in [2.75, 3.05) is 18.1 Å². The van der Waals surface area contributed by atoms with Crippen molar-refractivity contribution >= 4 is 21.6 Å². The highest BCUT2D eigenvalue weighted by atomic mass is 79.9. The number of aliphatic hydroxyl groups is 2. The Kier molecular flexibility index (Phi) is 4.65. The monoisotopic (exact) mass is 313 g/mol. The molecule has 0 aliphatic carbocycles. The summed E-state index contributed by atoms with van der Waals surface area (Å²) in [7, 11) is 0. The normalized spacial score (nSPS) is 22.0. The second-order valence-electron chi connectivity index (χ2n) is 4.91. The van der Waals surface area contributed by atoms with Crippen LogP contribution in [0.25, 0.3) is 0 Å². The van der Waals surface area contributed by atoms with Gasteiger partial charge in [0.1, 0.15) is 0 Å². The number of benzene rings is 1. The maximum Gasteiger partial charge on any atom is 0.0762 e. The molecule has 2 atom stereocenters. The molecule has 4 heteroatoms. The summed E-state index contributed by atoms with van der Waals surface area (Å²) in [5, 5.41) is 19.0. The van der Waals surface area contributed by atoms with Gasteiger partial charge in [-0.05, 0) is 59.8 Å². The molecule has 1 aliphatic rings. The molecular weight excluding hydrogens is 294 g/mol. The lowest BCUT2D eigenvalue weighted by Gasteiger charge is -2.37. The Labute approximate surface area is 117 Å². The molecule has 2 N–H and O–H groups in total. The van der Waals surface area contributed by atoms with Crippen LogP contribution in [0.4, 0.5) is 5.69 Å². The van der Waals surface area contributed by atoms with E-state index in [1.54, 1.807) is 6.92 Å². The summed E-state index contributed by atoms with van der Waals surface area (Å²) in [6, 6.07) is 6.16. The molecule has 1 aromatic carbocycles. The largest absolute Gasteiger partial charge is 0.394 e. The molecule has 0 amide bonds. The molecule has 0 aromatic heterocycles. The zero-order valence-corrected chi connectivity index (χ0v) is 12.2. The van der Waals surface area contributed by atoms with Gasteiger partial charge in [0.05, 0.1) is 24.4 Å². The van der Waals surface area contributed by atoms with Crippen molar-refractivity contribution < 1.29 is 10.2 Å². The molecule has 1 saturated heterocycles. The van der Waals surface area contributed by atoms with E-state index < -0.39 is 6.10 Å². The number of aliphatic hydroxyl groups excluding tert-OH is 2. The first-order valence-corrected chi connectivity index (χ1v) is 7.27. The van der Waals surface area contributed by atoms with Gasteiger partial charge in [-0.25, -0.2) is 0 Å². The molecular formula is C14H20BrNO2. The summed E-state index contributed by atoms with van der Waals surface area (Å²) in [6.45, 7) is 2.95. The fourth-order valence-corrected chi connectivity index (χ4v) is 3.15. The lowest BCUT2D eigenvalue weighted by Crippen LogP contribution is -2.42. The number of hydrogen-bond donors (Lipinski definition) is 2.